The second-order valence-corrected chi connectivity index (χ2v) is 10.2. The highest BCUT2D eigenvalue weighted by molar-refractivity contribution is 5.91. The van der Waals surface area contributed by atoms with E-state index in [1.807, 2.05) is 62.4 Å². The first kappa shape index (κ1) is 25.5. The smallest absolute Gasteiger partial charge is 0.343 e. The average Bonchev–Trinajstić information content (AvgIpc) is 2.95. The van der Waals surface area contributed by atoms with Gasteiger partial charge in [-0.05, 0) is 86.3 Å². The summed E-state index contributed by atoms with van der Waals surface area (Å²) in [6.07, 6.45) is 5.60. The molecule has 4 aromatic carbocycles. The van der Waals surface area contributed by atoms with Gasteiger partial charge in [0.1, 0.15) is 11.5 Å². The second-order valence-electron chi connectivity index (χ2n) is 10.2. The quantitative estimate of drug-likeness (QED) is 0.197. The van der Waals surface area contributed by atoms with Crippen LogP contribution in [0.3, 0.4) is 0 Å². The Kier molecular flexibility index (Phi) is 7.41. The maximum atomic E-state index is 12.6. The summed E-state index contributed by atoms with van der Waals surface area (Å²) < 4.78 is 11.3. The van der Waals surface area contributed by atoms with Crippen molar-refractivity contribution in [2.24, 2.45) is 0 Å². The summed E-state index contributed by atoms with van der Waals surface area (Å²) in [5.41, 5.74) is 5.55. The van der Waals surface area contributed by atoms with Gasteiger partial charge in [-0.15, -0.1) is 0 Å². The minimum atomic E-state index is -0.360. The zero-order valence-electron chi connectivity index (χ0n) is 21.9. The molecule has 4 heteroatoms. The SMILES string of the molecule is Cc1ccc(C(=O)Oc2ccc(C3(c4ccc(OC(=O)c5ccc(C)cc5)cc4)CCCCC3)cc2)cc1. The molecule has 0 unspecified atom stereocenters. The number of carbonyl (C=O) groups excluding carboxylic acids is 2. The lowest BCUT2D eigenvalue weighted by atomic mass is 9.65. The fourth-order valence-electron chi connectivity index (χ4n) is 5.29. The molecule has 1 fully saturated rings. The molecule has 1 saturated carbocycles. The van der Waals surface area contributed by atoms with Gasteiger partial charge in [-0.1, -0.05) is 78.9 Å². The van der Waals surface area contributed by atoms with E-state index in [4.69, 9.17) is 9.47 Å². The van der Waals surface area contributed by atoms with Gasteiger partial charge in [0.05, 0.1) is 11.1 Å². The first-order valence-electron chi connectivity index (χ1n) is 13.2. The maximum Gasteiger partial charge on any atom is 0.343 e. The van der Waals surface area contributed by atoms with Crippen molar-refractivity contribution in [1.29, 1.82) is 0 Å². The van der Waals surface area contributed by atoms with E-state index in [1.165, 1.54) is 17.5 Å². The summed E-state index contributed by atoms with van der Waals surface area (Å²) >= 11 is 0. The Labute approximate surface area is 224 Å². The molecule has 0 radical (unpaired) electrons. The van der Waals surface area contributed by atoms with E-state index in [2.05, 4.69) is 24.3 Å². The first-order chi connectivity index (χ1) is 18.4. The number of ether oxygens (including phenoxy) is 2. The Morgan fingerprint density at radius 3 is 1.26 bits per heavy atom. The van der Waals surface area contributed by atoms with Gasteiger partial charge >= 0.3 is 11.9 Å². The van der Waals surface area contributed by atoms with Gasteiger partial charge in [-0.2, -0.15) is 0 Å². The van der Waals surface area contributed by atoms with Crippen LogP contribution in [0.2, 0.25) is 0 Å². The van der Waals surface area contributed by atoms with Crippen LogP contribution in [0.4, 0.5) is 0 Å². The van der Waals surface area contributed by atoms with Crippen molar-refractivity contribution in [2.45, 2.75) is 51.4 Å². The molecule has 0 atom stereocenters. The summed E-state index contributed by atoms with van der Waals surface area (Å²) in [6, 6.07) is 30.6. The molecule has 0 aliphatic heterocycles. The number of esters is 2. The van der Waals surface area contributed by atoms with Crippen molar-refractivity contribution in [2.75, 3.05) is 0 Å². The highest BCUT2D eigenvalue weighted by Gasteiger charge is 2.35. The maximum absolute atomic E-state index is 12.6. The van der Waals surface area contributed by atoms with E-state index < -0.39 is 0 Å². The highest BCUT2D eigenvalue weighted by Crippen LogP contribution is 2.45. The van der Waals surface area contributed by atoms with E-state index in [0.717, 1.165) is 36.8 Å². The van der Waals surface area contributed by atoms with E-state index >= 15 is 0 Å². The van der Waals surface area contributed by atoms with Gasteiger partial charge in [0.15, 0.2) is 0 Å². The molecule has 1 aliphatic rings. The number of rotatable bonds is 6. The zero-order valence-corrected chi connectivity index (χ0v) is 21.9. The van der Waals surface area contributed by atoms with Crippen LogP contribution in [-0.2, 0) is 5.41 Å². The molecule has 0 aromatic heterocycles. The molecule has 0 amide bonds. The number of hydrogen-bond acceptors (Lipinski definition) is 4. The van der Waals surface area contributed by atoms with E-state index in [9.17, 15) is 9.59 Å². The minimum absolute atomic E-state index is 0.128. The summed E-state index contributed by atoms with van der Waals surface area (Å²) in [7, 11) is 0. The van der Waals surface area contributed by atoms with Gasteiger partial charge < -0.3 is 9.47 Å². The lowest BCUT2D eigenvalue weighted by Gasteiger charge is -2.38. The van der Waals surface area contributed by atoms with Crippen LogP contribution >= 0.6 is 0 Å². The molecular formula is C34H32O4. The predicted octanol–water partition coefficient (Wildman–Crippen LogP) is 7.99. The molecule has 1 aliphatic carbocycles. The number of benzene rings is 4. The standard InChI is InChI=1S/C34H32O4/c1-24-6-10-26(11-7-24)32(35)37-30-18-14-28(15-19-30)34(22-4-3-5-23-34)29-16-20-31(21-17-29)38-33(36)27-12-8-25(2)9-13-27/h6-21H,3-5,22-23H2,1-2H3. The Bertz CT molecular complexity index is 1290. The topological polar surface area (TPSA) is 52.6 Å². The molecule has 4 aromatic rings. The van der Waals surface area contributed by atoms with Gasteiger partial charge in [0.2, 0.25) is 0 Å². The predicted molar refractivity (Wildman–Crippen MR) is 149 cm³/mol. The van der Waals surface area contributed by atoms with E-state index in [1.54, 1.807) is 24.3 Å². The fraction of sp³-hybridized carbons (Fsp3) is 0.235. The molecular weight excluding hydrogens is 472 g/mol. The third-order valence-corrected chi connectivity index (χ3v) is 7.52. The molecule has 0 saturated heterocycles. The Balaban J connectivity index is 1.33. The minimum Gasteiger partial charge on any atom is -0.423 e. The molecule has 192 valence electrons. The normalized spacial score (nSPS) is 14.5. The van der Waals surface area contributed by atoms with Crippen molar-refractivity contribution >= 4 is 11.9 Å². The molecule has 0 heterocycles. The van der Waals surface area contributed by atoms with Gasteiger partial charge in [-0.3, -0.25) is 0 Å². The lowest BCUT2D eigenvalue weighted by Crippen LogP contribution is -2.30. The van der Waals surface area contributed by atoms with Crippen LogP contribution in [0, 0.1) is 13.8 Å². The van der Waals surface area contributed by atoms with Crippen LogP contribution in [-0.4, -0.2) is 11.9 Å². The van der Waals surface area contributed by atoms with Gasteiger partial charge in [0.25, 0.3) is 0 Å². The number of hydrogen-bond donors (Lipinski definition) is 0. The van der Waals surface area contributed by atoms with Crippen LogP contribution in [0.5, 0.6) is 11.5 Å². The zero-order chi connectivity index (χ0) is 26.5. The third-order valence-electron chi connectivity index (χ3n) is 7.52. The Morgan fingerprint density at radius 1 is 0.526 bits per heavy atom. The van der Waals surface area contributed by atoms with Gasteiger partial charge in [-0.25, -0.2) is 9.59 Å². The van der Waals surface area contributed by atoms with E-state index in [0.29, 0.717) is 22.6 Å². The van der Waals surface area contributed by atoms with Crippen molar-refractivity contribution in [3.05, 3.63) is 130 Å². The van der Waals surface area contributed by atoms with Crippen LogP contribution in [0.1, 0.15) is 75.1 Å². The van der Waals surface area contributed by atoms with Crippen molar-refractivity contribution in [1.82, 2.24) is 0 Å². The highest BCUT2D eigenvalue weighted by atomic mass is 16.5. The number of carbonyl (C=O) groups is 2. The molecule has 38 heavy (non-hydrogen) atoms. The first-order valence-corrected chi connectivity index (χ1v) is 13.2. The number of aryl methyl sites for hydroxylation is 2. The largest absolute Gasteiger partial charge is 0.423 e. The average molecular weight is 505 g/mol. The second kappa shape index (κ2) is 11.1. The summed E-state index contributed by atoms with van der Waals surface area (Å²) in [4.78, 5) is 25.1. The fourth-order valence-corrected chi connectivity index (χ4v) is 5.29. The van der Waals surface area contributed by atoms with Crippen LogP contribution < -0.4 is 9.47 Å². The third kappa shape index (κ3) is 5.55. The molecule has 0 spiro atoms. The van der Waals surface area contributed by atoms with Crippen LogP contribution in [0.25, 0.3) is 0 Å². The summed E-state index contributed by atoms with van der Waals surface area (Å²) in [5.74, 6) is 0.342. The van der Waals surface area contributed by atoms with Crippen molar-refractivity contribution in [3.8, 4) is 11.5 Å². The van der Waals surface area contributed by atoms with Crippen molar-refractivity contribution < 1.29 is 19.1 Å². The Morgan fingerprint density at radius 2 is 0.895 bits per heavy atom. The van der Waals surface area contributed by atoms with Gasteiger partial charge in [0, 0.05) is 5.41 Å². The van der Waals surface area contributed by atoms with E-state index in [-0.39, 0.29) is 17.4 Å². The molecule has 4 nitrogen and oxygen atoms in total. The lowest BCUT2D eigenvalue weighted by molar-refractivity contribution is 0.0725. The summed E-state index contributed by atoms with van der Waals surface area (Å²) in [5, 5.41) is 0. The van der Waals surface area contributed by atoms with Crippen molar-refractivity contribution in [3.63, 3.8) is 0 Å². The molecule has 0 bridgehead atoms. The summed E-state index contributed by atoms with van der Waals surface area (Å²) in [6.45, 7) is 3.97. The Hall–Kier alpha value is -4.18. The monoisotopic (exact) mass is 504 g/mol. The molecule has 5 rings (SSSR count). The van der Waals surface area contributed by atoms with Crippen LogP contribution in [0.15, 0.2) is 97.1 Å². The molecule has 0 N–H and O–H groups in total.